The van der Waals surface area contributed by atoms with Gasteiger partial charge in [-0.05, 0) is 56.0 Å². The molecule has 2 aliphatic rings. The highest BCUT2D eigenvalue weighted by Gasteiger charge is 2.44. The quantitative estimate of drug-likeness (QED) is 0.895. The number of hydrogen-bond acceptors (Lipinski definition) is 3. The second-order valence-corrected chi connectivity index (χ2v) is 8.24. The summed E-state index contributed by atoms with van der Waals surface area (Å²) in [5.41, 5.74) is 3.58. The Labute approximate surface area is 159 Å². The first-order valence-corrected chi connectivity index (χ1v) is 9.64. The highest BCUT2D eigenvalue weighted by atomic mass is 35.5. The van der Waals surface area contributed by atoms with Gasteiger partial charge in [-0.1, -0.05) is 23.7 Å². The summed E-state index contributed by atoms with van der Waals surface area (Å²) >= 11 is 5.96. The predicted molar refractivity (Wildman–Crippen MR) is 102 cm³/mol. The van der Waals surface area contributed by atoms with Crippen LogP contribution in [-0.2, 0) is 17.9 Å². The third kappa shape index (κ3) is 3.64. The zero-order valence-corrected chi connectivity index (χ0v) is 15.9. The van der Waals surface area contributed by atoms with Gasteiger partial charge in [0.05, 0.1) is 12.0 Å². The van der Waals surface area contributed by atoms with Crippen LogP contribution >= 0.6 is 11.6 Å². The van der Waals surface area contributed by atoms with Crippen molar-refractivity contribution < 1.29 is 4.79 Å². The van der Waals surface area contributed by atoms with Crippen molar-refractivity contribution in [3.05, 3.63) is 52.6 Å². The number of halogens is 1. The molecule has 2 aliphatic heterocycles. The van der Waals surface area contributed by atoms with Crippen molar-refractivity contribution in [1.82, 2.24) is 19.8 Å². The minimum absolute atomic E-state index is 0.153. The first kappa shape index (κ1) is 17.6. The smallest absolute Gasteiger partial charge is 0.223 e. The Balaban J connectivity index is 1.35. The van der Waals surface area contributed by atoms with Crippen molar-refractivity contribution in [1.29, 1.82) is 0 Å². The molecule has 1 aromatic heterocycles. The number of carbonyl (C=O) groups excluding carboxylic acids is 1. The molecule has 1 aromatic carbocycles. The lowest BCUT2D eigenvalue weighted by Gasteiger charge is -2.38. The fourth-order valence-corrected chi connectivity index (χ4v) is 4.34. The van der Waals surface area contributed by atoms with E-state index >= 15 is 0 Å². The average molecular weight is 373 g/mol. The number of aryl methyl sites for hydroxylation is 1. The molecule has 1 amide bonds. The molecule has 0 saturated carbocycles. The lowest BCUT2D eigenvalue weighted by atomic mass is 9.77. The summed E-state index contributed by atoms with van der Waals surface area (Å²) in [7, 11) is 0. The molecule has 0 bridgehead atoms. The molecule has 0 radical (unpaired) electrons. The standard InChI is InChI=1S/C20H25ClN4O/c1-15-18(23-14-22-15)12-24-8-6-20(7-9-24)10-19(26)25(13-20)11-16-2-4-17(21)5-3-16/h2-5,14H,6-13H2,1H3,(H,22,23). The lowest BCUT2D eigenvalue weighted by molar-refractivity contribution is -0.128. The summed E-state index contributed by atoms with van der Waals surface area (Å²) < 4.78 is 0. The van der Waals surface area contributed by atoms with Crippen LogP contribution in [0, 0.1) is 12.3 Å². The normalized spacial score (nSPS) is 20.2. The van der Waals surface area contributed by atoms with E-state index in [2.05, 4.69) is 21.8 Å². The molecule has 2 saturated heterocycles. The Bertz CT molecular complexity index is 777. The maximum absolute atomic E-state index is 12.6. The number of nitrogens with one attached hydrogen (secondary N) is 1. The van der Waals surface area contributed by atoms with Crippen LogP contribution in [0.5, 0.6) is 0 Å². The molecule has 2 aromatic rings. The van der Waals surface area contributed by atoms with E-state index in [0.29, 0.717) is 13.0 Å². The summed E-state index contributed by atoms with van der Waals surface area (Å²) in [6.07, 6.45) is 4.62. The van der Waals surface area contributed by atoms with Gasteiger partial charge in [0.1, 0.15) is 0 Å². The van der Waals surface area contributed by atoms with Gasteiger partial charge in [0.15, 0.2) is 0 Å². The van der Waals surface area contributed by atoms with Crippen molar-refractivity contribution in [2.75, 3.05) is 19.6 Å². The number of H-pyrrole nitrogens is 1. The maximum Gasteiger partial charge on any atom is 0.223 e. The maximum atomic E-state index is 12.6. The van der Waals surface area contributed by atoms with Gasteiger partial charge < -0.3 is 9.88 Å². The fraction of sp³-hybridized carbons (Fsp3) is 0.500. The number of carbonyl (C=O) groups is 1. The fourth-order valence-electron chi connectivity index (χ4n) is 4.21. The van der Waals surface area contributed by atoms with E-state index in [1.54, 1.807) is 6.33 Å². The van der Waals surface area contributed by atoms with E-state index in [0.717, 1.165) is 61.0 Å². The zero-order valence-electron chi connectivity index (χ0n) is 15.2. The Morgan fingerprint density at radius 2 is 1.92 bits per heavy atom. The van der Waals surface area contributed by atoms with Crippen LogP contribution < -0.4 is 0 Å². The first-order valence-electron chi connectivity index (χ1n) is 9.26. The number of hydrogen-bond donors (Lipinski definition) is 1. The summed E-state index contributed by atoms with van der Waals surface area (Å²) in [5.74, 6) is 0.288. The van der Waals surface area contributed by atoms with Crippen molar-refractivity contribution in [3.8, 4) is 0 Å². The summed E-state index contributed by atoms with van der Waals surface area (Å²) in [6.45, 7) is 6.60. The first-order chi connectivity index (χ1) is 12.5. The number of amides is 1. The molecule has 138 valence electrons. The summed E-state index contributed by atoms with van der Waals surface area (Å²) in [5, 5.41) is 0.734. The molecule has 1 spiro atoms. The average Bonchev–Trinajstić information content (AvgIpc) is 3.16. The van der Waals surface area contributed by atoms with Gasteiger partial charge in [0, 0.05) is 36.8 Å². The molecule has 0 atom stereocenters. The minimum Gasteiger partial charge on any atom is -0.348 e. The third-order valence-corrected chi connectivity index (χ3v) is 6.17. The van der Waals surface area contributed by atoms with Gasteiger partial charge in [0.25, 0.3) is 0 Å². The summed E-state index contributed by atoms with van der Waals surface area (Å²) in [6, 6.07) is 7.80. The number of imidazole rings is 1. The van der Waals surface area contributed by atoms with Crippen LogP contribution in [0.3, 0.4) is 0 Å². The highest BCUT2D eigenvalue weighted by molar-refractivity contribution is 6.30. The molecule has 0 aliphatic carbocycles. The van der Waals surface area contributed by atoms with E-state index in [4.69, 9.17) is 11.6 Å². The second-order valence-electron chi connectivity index (χ2n) is 7.80. The van der Waals surface area contributed by atoms with Gasteiger partial charge in [-0.3, -0.25) is 9.69 Å². The second kappa shape index (κ2) is 7.05. The highest BCUT2D eigenvalue weighted by Crippen LogP contribution is 2.41. The Morgan fingerprint density at radius 3 is 2.58 bits per heavy atom. The molecular weight excluding hydrogens is 348 g/mol. The number of benzene rings is 1. The van der Waals surface area contributed by atoms with Crippen molar-refractivity contribution in [2.45, 2.75) is 39.3 Å². The van der Waals surface area contributed by atoms with Gasteiger partial charge in [0.2, 0.25) is 5.91 Å². The summed E-state index contributed by atoms with van der Waals surface area (Å²) in [4.78, 5) is 24.6. The molecule has 1 N–H and O–H groups in total. The van der Waals surface area contributed by atoms with Crippen LogP contribution in [0.25, 0.3) is 0 Å². The molecule has 0 unspecified atom stereocenters. The molecule has 3 heterocycles. The van der Waals surface area contributed by atoms with Crippen molar-refractivity contribution in [3.63, 3.8) is 0 Å². The number of piperidine rings is 1. The van der Waals surface area contributed by atoms with Crippen LogP contribution in [-0.4, -0.2) is 45.3 Å². The molecule has 4 rings (SSSR count). The van der Waals surface area contributed by atoms with E-state index < -0.39 is 0 Å². The van der Waals surface area contributed by atoms with E-state index in [9.17, 15) is 4.79 Å². The Kier molecular flexibility index (Phi) is 4.76. The van der Waals surface area contributed by atoms with E-state index in [1.165, 1.54) is 0 Å². The Morgan fingerprint density at radius 1 is 1.19 bits per heavy atom. The van der Waals surface area contributed by atoms with E-state index in [1.807, 2.05) is 29.2 Å². The number of aromatic nitrogens is 2. The largest absolute Gasteiger partial charge is 0.348 e. The van der Waals surface area contributed by atoms with Crippen LogP contribution in [0.4, 0.5) is 0 Å². The SMILES string of the molecule is Cc1[nH]cnc1CN1CCC2(CC1)CC(=O)N(Cc1ccc(Cl)cc1)C2. The molecule has 5 nitrogen and oxygen atoms in total. The van der Waals surface area contributed by atoms with Gasteiger partial charge >= 0.3 is 0 Å². The number of likely N-dealkylation sites (tertiary alicyclic amines) is 2. The zero-order chi connectivity index (χ0) is 18.1. The molecule has 26 heavy (non-hydrogen) atoms. The van der Waals surface area contributed by atoms with Gasteiger partial charge in [-0.15, -0.1) is 0 Å². The van der Waals surface area contributed by atoms with E-state index in [-0.39, 0.29) is 11.3 Å². The predicted octanol–water partition coefficient (Wildman–Crippen LogP) is 3.39. The topological polar surface area (TPSA) is 52.2 Å². The van der Waals surface area contributed by atoms with Gasteiger partial charge in [-0.25, -0.2) is 4.98 Å². The van der Waals surface area contributed by atoms with Gasteiger partial charge in [-0.2, -0.15) is 0 Å². The van der Waals surface area contributed by atoms with Crippen LogP contribution in [0.1, 0.15) is 36.2 Å². The lowest BCUT2D eigenvalue weighted by Crippen LogP contribution is -2.41. The molecule has 6 heteroatoms. The monoisotopic (exact) mass is 372 g/mol. The molecular formula is C20H25ClN4O. The number of rotatable bonds is 4. The Hall–Kier alpha value is -1.85. The number of aromatic amines is 1. The number of nitrogens with zero attached hydrogens (tertiary/aromatic N) is 3. The van der Waals surface area contributed by atoms with Crippen LogP contribution in [0.15, 0.2) is 30.6 Å². The van der Waals surface area contributed by atoms with Crippen LogP contribution in [0.2, 0.25) is 5.02 Å². The molecule has 2 fully saturated rings. The third-order valence-electron chi connectivity index (χ3n) is 5.92. The van der Waals surface area contributed by atoms with Crippen molar-refractivity contribution >= 4 is 17.5 Å². The van der Waals surface area contributed by atoms with Crippen molar-refractivity contribution in [2.24, 2.45) is 5.41 Å². The minimum atomic E-state index is 0.153.